The highest BCUT2D eigenvalue weighted by atomic mass is 16.3. The van der Waals surface area contributed by atoms with Crippen LogP contribution in [-0.2, 0) is 0 Å². The molecular formula is C6H12N2O. The fraction of sp³-hybridized carbons (Fsp3) is 0.833. The van der Waals surface area contributed by atoms with Gasteiger partial charge in [0.2, 0.25) is 0 Å². The van der Waals surface area contributed by atoms with Crippen molar-refractivity contribution in [1.82, 2.24) is 0 Å². The molecule has 1 N–H and O–H groups in total. The molecule has 0 aromatic heterocycles. The maximum absolute atomic E-state index is 9.67. The van der Waals surface area contributed by atoms with Crippen LogP contribution in [0.2, 0.25) is 0 Å². The number of hydrogen-bond donors (Lipinski definition) is 1. The third-order valence-corrected chi connectivity index (χ3v) is 1.19. The van der Waals surface area contributed by atoms with Gasteiger partial charge in [0.05, 0.1) is 6.54 Å². The molecule has 0 fully saturated rings. The molecule has 0 radical (unpaired) electrons. The zero-order valence-corrected chi connectivity index (χ0v) is 5.63. The Balaban J connectivity index is 3.14. The van der Waals surface area contributed by atoms with Crippen LogP contribution >= 0.6 is 0 Å². The lowest BCUT2D eigenvalue weighted by atomic mass is 10.1. The Morgan fingerprint density at radius 1 is 1.78 bits per heavy atom. The van der Waals surface area contributed by atoms with E-state index in [9.17, 15) is 4.91 Å². The van der Waals surface area contributed by atoms with E-state index in [-0.39, 0.29) is 0 Å². The van der Waals surface area contributed by atoms with Crippen molar-refractivity contribution in [2.75, 3.05) is 6.54 Å². The van der Waals surface area contributed by atoms with Crippen molar-refractivity contribution >= 4 is 6.21 Å². The molecule has 0 amide bonds. The maximum Gasteiger partial charge on any atom is 0.0836 e. The zero-order valence-electron chi connectivity index (χ0n) is 5.63. The summed E-state index contributed by atoms with van der Waals surface area (Å²) in [5.74, 6) is 0.337. The molecule has 52 valence electrons. The highest BCUT2D eigenvalue weighted by molar-refractivity contribution is 5.52. The predicted octanol–water partition coefficient (Wildman–Crippen LogP) is 1.82. The van der Waals surface area contributed by atoms with Gasteiger partial charge < -0.3 is 5.41 Å². The van der Waals surface area contributed by atoms with E-state index in [2.05, 4.69) is 5.18 Å². The van der Waals surface area contributed by atoms with E-state index >= 15 is 0 Å². The molecule has 0 spiro atoms. The van der Waals surface area contributed by atoms with Crippen LogP contribution in [0.4, 0.5) is 0 Å². The van der Waals surface area contributed by atoms with Crippen LogP contribution in [0.3, 0.4) is 0 Å². The third kappa shape index (κ3) is 5.14. The lowest BCUT2D eigenvalue weighted by molar-refractivity contribution is 0.559. The molecule has 0 aliphatic carbocycles. The standard InChI is InChI=1S/C6H12N2O/c1-6(5-8-9)3-2-4-7/h4,6-7H,2-3,5H2,1H3/t6-/m0/s1. The summed E-state index contributed by atoms with van der Waals surface area (Å²) in [5.41, 5.74) is 0. The molecule has 0 aliphatic heterocycles. The second kappa shape index (κ2) is 5.41. The fourth-order valence-corrected chi connectivity index (χ4v) is 0.586. The molecule has 0 rings (SSSR count). The SMILES string of the molecule is C[C@@H](CCC=N)CN=O. The van der Waals surface area contributed by atoms with E-state index in [4.69, 9.17) is 5.41 Å². The number of nitroso groups, excluding NO2 is 1. The van der Waals surface area contributed by atoms with Gasteiger partial charge in [-0.1, -0.05) is 12.1 Å². The highest BCUT2D eigenvalue weighted by Crippen LogP contribution is 2.03. The second-order valence-electron chi connectivity index (χ2n) is 2.20. The zero-order chi connectivity index (χ0) is 7.11. The third-order valence-electron chi connectivity index (χ3n) is 1.19. The first-order chi connectivity index (χ1) is 4.31. The molecule has 3 nitrogen and oxygen atoms in total. The van der Waals surface area contributed by atoms with Gasteiger partial charge >= 0.3 is 0 Å². The fourth-order valence-electron chi connectivity index (χ4n) is 0.586. The van der Waals surface area contributed by atoms with Crippen LogP contribution in [0.1, 0.15) is 19.8 Å². The molecule has 0 unspecified atom stereocenters. The Kier molecular flexibility index (Phi) is 4.97. The molecule has 9 heavy (non-hydrogen) atoms. The maximum atomic E-state index is 9.67. The molecule has 0 saturated heterocycles. The topological polar surface area (TPSA) is 53.3 Å². The minimum Gasteiger partial charge on any atom is -0.313 e. The van der Waals surface area contributed by atoms with Crippen molar-refractivity contribution in [3.8, 4) is 0 Å². The summed E-state index contributed by atoms with van der Waals surface area (Å²) in [6, 6.07) is 0. The van der Waals surface area contributed by atoms with Gasteiger partial charge in [-0.15, -0.1) is 0 Å². The van der Waals surface area contributed by atoms with Crippen LogP contribution in [0, 0.1) is 16.2 Å². The normalized spacial score (nSPS) is 12.6. The van der Waals surface area contributed by atoms with Crippen molar-refractivity contribution < 1.29 is 0 Å². The summed E-state index contributed by atoms with van der Waals surface area (Å²) >= 11 is 0. The first-order valence-corrected chi connectivity index (χ1v) is 3.09. The van der Waals surface area contributed by atoms with Gasteiger partial charge in [0.1, 0.15) is 0 Å². The molecule has 0 aliphatic rings. The number of rotatable bonds is 5. The van der Waals surface area contributed by atoms with Gasteiger partial charge in [0.15, 0.2) is 0 Å². The molecular weight excluding hydrogens is 116 g/mol. The van der Waals surface area contributed by atoms with E-state index < -0.39 is 0 Å². The summed E-state index contributed by atoms with van der Waals surface area (Å²) in [6.45, 7) is 2.35. The Morgan fingerprint density at radius 2 is 2.44 bits per heavy atom. The van der Waals surface area contributed by atoms with Crippen LogP contribution in [0.15, 0.2) is 5.18 Å². The van der Waals surface area contributed by atoms with Crippen molar-refractivity contribution in [1.29, 1.82) is 5.41 Å². The first kappa shape index (κ1) is 8.27. The van der Waals surface area contributed by atoms with Gasteiger partial charge in [-0.3, -0.25) is 0 Å². The number of nitrogens with zero attached hydrogens (tertiary/aromatic N) is 1. The van der Waals surface area contributed by atoms with E-state index in [0.717, 1.165) is 12.8 Å². The minimum absolute atomic E-state index is 0.337. The number of nitrogens with one attached hydrogen (secondary N) is 1. The van der Waals surface area contributed by atoms with Gasteiger partial charge in [-0.2, -0.15) is 4.91 Å². The quantitative estimate of drug-likeness (QED) is 0.445. The van der Waals surface area contributed by atoms with Crippen LogP contribution < -0.4 is 0 Å². The molecule has 0 aromatic carbocycles. The summed E-state index contributed by atoms with van der Waals surface area (Å²) in [5, 5.41) is 9.46. The predicted molar refractivity (Wildman–Crippen MR) is 37.8 cm³/mol. The molecule has 0 saturated carbocycles. The lowest BCUT2D eigenvalue weighted by Gasteiger charge is -2.01. The molecule has 0 aromatic rings. The Labute approximate surface area is 54.9 Å². The van der Waals surface area contributed by atoms with Crippen molar-refractivity contribution in [3.05, 3.63) is 4.91 Å². The molecule has 0 heterocycles. The van der Waals surface area contributed by atoms with Gasteiger partial charge in [0, 0.05) is 0 Å². The van der Waals surface area contributed by atoms with Crippen molar-refractivity contribution in [3.63, 3.8) is 0 Å². The molecule has 0 bridgehead atoms. The van der Waals surface area contributed by atoms with E-state index in [1.807, 2.05) is 6.92 Å². The van der Waals surface area contributed by atoms with E-state index in [0.29, 0.717) is 12.5 Å². The summed E-state index contributed by atoms with van der Waals surface area (Å²) in [6.07, 6.45) is 3.02. The lowest BCUT2D eigenvalue weighted by Crippen LogP contribution is -1.97. The van der Waals surface area contributed by atoms with Crippen molar-refractivity contribution in [2.45, 2.75) is 19.8 Å². The van der Waals surface area contributed by atoms with E-state index in [1.165, 1.54) is 6.21 Å². The largest absolute Gasteiger partial charge is 0.313 e. The Hall–Kier alpha value is -0.730. The molecule has 3 heteroatoms. The highest BCUT2D eigenvalue weighted by Gasteiger charge is 1.98. The van der Waals surface area contributed by atoms with Crippen LogP contribution in [0.5, 0.6) is 0 Å². The summed E-state index contributed by atoms with van der Waals surface area (Å²) in [4.78, 5) is 9.67. The van der Waals surface area contributed by atoms with E-state index in [1.54, 1.807) is 0 Å². The van der Waals surface area contributed by atoms with Gasteiger partial charge in [-0.05, 0) is 25.0 Å². The Bertz CT molecular complexity index is 93.1. The summed E-state index contributed by atoms with van der Waals surface area (Å²) < 4.78 is 0. The van der Waals surface area contributed by atoms with Crippen molar-refractivity contribution in [2.24, 2.45) is 11.1 Å². The Morgan fingerprint density at radius 3 is 2.89 bits per heavy atom. The molecule has 1 atom stereocenters. The van der Waals surface area contributed by atoms with Crippen LogP contribution in [-0.4, -0.2) is 12.8 Å². The smallest absolute Gasteiger partial charge is 0.0836 e. The average Bonchev–Trinajstić information content (AvgIpc) is 1.85. The second-order valence-corrected chi connectivity index (χ2v) is 2.20. The van der Waals surface area contributed by atoms with Crippen LogP contribution in [0.25, 0.3) is 0 Å². The van der Waals surface area contributed by atoms with Gasteiger partial charge in [0.25, 0.3) is 0 Å². The summed E-state index contributed by atoms with van der Waals surface area (Å²) in [7, 11) is 0. The first-order valence-electron chi connectivity index (χ1n) is 3.09. The van der Waals surface area contributed by atoms with Gasteiger partial charge in [-0.25, -0.2) is 0 Å². The minimum atomic E-state index is 0.337. The number of hydrogen-bond acceptors (Lipinski definition) is 3. The average molecular weight is 128 g/mol. The monoisotopic (exact) mass is 128 g/mol.